The Kier molecular flexibility index (Phi) is 5.38. The van der Waals surface area contributed by atoms with Crippen LogP contribution >= 0.6 is 0 Å². The van der Waals surface area contributed by atoms with Crippen molar-refractivity contribution in [3.05, 3.63) is 23.9 Å². The van der Waals surface area contributed by atoms with E-state index in [1.807, 2.05) is 12.1 Å². The number of anilines is 1. The fourth-order valence-corrected chi connectivity index (χ4v) is 2.11. The molecule has 1 rings (SSSR count). The lowest BCUT2D eigenvalue weighted by molar-refractivity contribution is 0.0332. The molecule has 1 aromatic rings. The summed E-state index contributed by atoms with van der Waals surface area (Å²) in [4.78, 5) is 4.14. The van der Waals surface area contributed by atoms with E-state index in [1.165, 1.54) is 0 Å². The van der Waals surface area contributed by atoms with Crippen molar-refractivity contribution in [3.63, 3.8) is 0 Å². The van der Waals surface area contributed by atoms with E-state index in [-0.39, 0.29) is 12.1 Å². The van der Waals surface area contributed by atoms with Crippen molar-refractivity contribution in [1.29, 1.82) is 0 Å². The van der Waals surface area contributed by atoms with Gasteiger partial charge in [0, 0.05) is 18.9 Å². The third kappa shape index (κ3) is 3.41. The fraction of sp³-hybridized carbons (Fsp3) is 0.615. The summed E-state index contributed by atoms with van der Waals surface area (Å²) in [6, 6.07) is 3.99. The van der Waals surface area contributed by atoms with Crippen molar-refractivity contribution >= 4 is 5.82 Å². The fourth-order valence-electron chi connectivity index (χ4n) is 2.11. The van der Waals surface area contributed by atoms with Gasteiger partial charge in [0.05, 0.1) is 12.1 Å². The van der Waals surface area contributed by atoms with Crippen molar-refractivity contribution in [2.45, 2.75) is 32.9 Å². The lowest BCUT2D eigenvalue weighted by Gasteiger charge is -2.30. The third-order valence-corrected chi connectivity index (χ3v) is 2.89. The van der Waals surface area contributed by atoms with Gasteiger partial charge >= 0.3 is 0 Å². The molecule has 0 aliphatic heterocycles. The lowest BCUT2D eigenvalue weighted by atomic mass is 9.93. The predicted octanol–water partition coefficient (Wildman–Crippen LogP) is 1.99. The first-order chi connectivity index (χ1) is 8.11. The third-order valence-electron chi connectivity index (χ3n) is 2.89. The second kappa shape index (κ2) is 6.57. The molecule has 0 spiro atoms. The number of ether oxygens (including phenoxy) is 1. The van der Waals surface area contributed by atoms with E-state index in [2.05, 4.69) is 31.1 Å². The standard InChI is InChI=1S/C13H23N3O/c1-5-15-11(12(17-4)9(2)3)10-7-6-8-16-13(10)14/h6-9,11-12,15H,5H2,1-4H3,(H2,14,16). The van der Waals surface area contributed by atoms with Crippen LogP contribution in [0.15, 0.2) is 18.3 Å². The molecule has 1 aromatic heterocycles. The topological polar surface area (TPSA) is 60.2 Å². The average molecular weight is 237 g/mol. The Balaban J connectivity index is 3.03. The van der Waals surface area contributed by atoms with Crippen LogP contribution in [-0.2, 0) is 4.74 Å². The molecule has 0 bridgehead atoms. The van der Waals surface area contributed by atoms with Gasteiger partial charge in [0.15, 0.2) is 0 Å². The van der Waals surface area contributed by atoms with Crippen LogP contribution in [0.5, 0.6) is 0 Å². The number of nitrogens with zero attached hydrogens (tertiary/aromatic N) is 1. The van der Waals surface area contributed by atoms with Crippen molar-refractivity contribution in [3.8, 4) is 0 Å². The van der Waals surface area contributed by atoms with Crippen molar-refractivity contribution < 1.29 is 4.74 Å². The minimum atomic E-state index is 0.0821. The van der Waals surface area contributed by atoms with E-state index in [0.29, 0.717) is 11.7 Å². The van der Waals surface area contributed by atoms with Crippen LogP contribution in [0.25, 0.3) is 0 Å². The number of hydrogen-bond acceptors (Lipinski definition) is 4. The molecule has 4 nitrogen and oxygen atoms in total. The Labute approximate surface area is 104 Å². The molecule has 1 heterocycles. The Bertz CT molecular complexity index is 341. The van der Waals surface area contributed by atoms with Crippen LogP contribution in [0.1, 0.15) is 32.4 Å². The lowest BCUT2D eigenvalue weighted by Crippen LogP contribution is -2.37. The highest BCUT2D eigenvalue weighted by atomic mass is 16.5. The number of methoxy groups -OCH3 is 1. The summed E-state index contributed by atoms with van der Waals surface area (Å²) in [5, 5.41) is 3.43. The van der Waals surface area contributed by atoms with Gasteiger partial charge in [-0.25, -0.2) is 4.98 Å². The smallest absolute Gasteiger partial charge is 0.128 e. The highest BCUT2D eigenvalue weighted by Crippen LogP contribution is 2.27. The summed E-state index contributed by atoms with van der Waals surface area (Å²) in [5.41, 5.74) is 6.95. The molecule has 2 atom stereocenters. The van der Waals surface area contributed by atoms with Crippen LogP contribution < -0.4 is 11.1 Å². The number of nitrogen functional groups attached to an aromatic ring is 1. The van der Waals surface area contributed by atoms with E-state index in [9.17, 15) is 0 Å². The molecule has 0 aromatic carbocycles. The molecule has 17 heavy (non-hydrogen) atoms. The number of nitrogens with one attached hydrogen (secondary N) is 1. The van der Waals surface area contributed by atoms with E-state index >= 15 is 0 Å². The molecule has 0 fully saturated rings. The van der Waals surface area contributed by atoms with Gasteiger partial charge in [-0.3, -0.25) is 0 Å². The quantitative estimate of drug-likeness (QED) is 0.794. The molecule has 3 N–H and O–H groups in total. The van der Waals surface area contributed by atoms with Crippen LogP contribution in [0.2, 0.25) is 0 Å². The van der Waals surface area contributed by atoms with Crippen molar-refractivity contribution in [1.82, 2.24) is 10.3 Å². The Morgan fingerprint density at radius 2 is 2.18 bits per heavy atom. The Morgan fingerprint density at radius 1 is 1.47 bits per heavy atom. The summed E-state index contributed by atoms with van der Waals surface area (Å²) in [5.74, 6) is 0.977. The average Bonchev–Trinajstić information content (AvgIpc) is 2.29. The first-order valence-corrected chi connectivity index (χ1v) is 6.08. The molecule has 0 aliphatic carbocycles. The second-order valence-corrected chi connectivity index (χ2v) is 4.46. The maximum atomic E-state index is 5.94. The molecule has 0 aliphatic rings. The molecular weight excluding hydrogens is 214 g/mol. The van der Waals surface area contributed by atoms with Gasteiger partial charge < -0.3 is 15.8 Å². The molecule has 0 amide bonds. The van der Waals surface area contributed by atoms with Gasteiger partial charge in [0.1, 0.15) is 5.82 Å². The van der Waals surface area contributed by atoms with Gasteiger partial charge in [0.2, 0.25) is 0 Å². The summed E-state index contributed by atoms with van der Waals surface area (Å²) >= 11 is 0. The minimum Gasteiger partial charge on any atom is -0.383 e. The van der Waals surface area contributed by atoms with Crippen LogP contribution in [0.3, 0.4) is 0 Å². The highest BCUT2D eigenvalue weighted by molar-refractivity contribution is 5.41. The first kappa shape index (κ1) is 13.9. The van der Waals surface area contributed by atoms with Crippen LogP contribution in [0, 0.1) is 5.92 Å². The van der Waals surface area contributed by atoms with Gasteiger partial charge in [-0.05, 0) is 18.5 Å². The monoisotopic (exact) mass is 237 g/mol. The van der Waals surface area contributed by atoms with Crippen molar-refractivity contribution in [2.24, 2.45) is 5.92 Å². The molecule has 0 saturated heterocycles. The zero-order chi connectivity index (χ0) is 12.8. The molecule has 0 saturated carbocycles. The van der Waals surface area contributed by atoms with E-state index in [0.717, 1.165) is 12.1 Å². The molecule has 96 valence electrons. The predicted molar refractivity (Wildman–Crippen MR) is 70.7 cm³/mol. The molecule has 2 unspecified atom stereocenters. The number of pyridine rings is 1. The van der Waals surface area contributed by atoms with Gasteiger partial charge in [-0.15, -0.1) is 0 Å². The Morgan fingerprint density at radius 3 is 2.65 bits per heavy atom. The second-order valence-electron chi connectivity index (χ2n) is 4.46. The van der Waals surface area contributed by atoms with E-state index in [1.54, 1.807) is 13.3 Å². The SMILES string of the molecule is CCNC(c1cccnc1N)C(OC)C(C)C. The highest BCUT2D eigenvalue weighted by Gasteiger charge is 2.26. The first-order valence-electron chi connectivity index (χ1n) is 6.08. The molecule has 0 radical (unpaired) electrons. The summed E-state index contributed by atoms with van der Waals surface area (Å²) in [6.45, 7) is 7.23. The maximum absolute atomic E-state index is 5.94. The Hall–Kier alpha value is -1.13. The number of nitrogens with two attached hydrogens (primary N) is 1. The van der Waals surface area contributed by atoms with Gasteiger partial charge in [-0.2, -0.15) is 0 Å². The molecule has 4 heteroatoms. The normalized spacial score (nSPS) is 14.9. The molecular formula is C13H23N3O. The number of rotatable bonds is 6. The zero-order valence-corrected chi connectivity index (χ0v) is 11.1. The largest absolute Gasteiger partial charge is 0.383 e. The van der Waals surface area contributed by atoms with E-state index < -0.39 is 0 Å². The summed E-state index contributed by atoms with van der Waals surface area (Å²) < 4.78 is 5.59. The number of hydrogen-bond donors (Lipinski definition) is 2. The van der Waals surface area contributed by atoms with Gasteiger partial charge in [0.25, 0.3) is 0 Å². The number of aromatic nitrogens is 1. The maximum Gasteiger partial charge on any atom is 0.128 e. The van der Waals surface area contributed by atoms with Crippen LogP contribution in [0.4, 0.5) is 5.82 Å². The summed E-state index contributed by atoms with van der Waals surface area (Å²) in [7, 11) is 1.74. The van der Waals surface area contributed by atoms with Crippen molar-refractivity contribution in [2.75, 3.05) is 19.4 Å². The van der Waals surface area contributed by atoms with Gasteiger partial charge in [-0.1, -0.05) is 26.8 Å². The van der Waals surface area contributed by atoms with Crippen LogP contribution in [-0.4, -0.2) is 24.7 Å². The van der Waals surface area contributed by atoms with E-state index in [4.69, 9.17) is 10.5 Å². The zero-order valence-electron chi connectivity index (χ0n) is 11.1. The summed E-state index contributed by atoms with van der Waals surface area (Å²) in [6.07, 6.45) is 1.79. The minimum absolute atomic E-state index is 0.0821. The number of likely N-dealkylation sites (N-methyl/N-ethyl adjacent to an activating group) is 1.